The number of hydrogen-bond donors (Lipinski definition) is 0. The lowest BCUT2D eigenvalue weighted by Crippen LogP contribution is -2.36. The molecule has 0 spiro atoms. The minimum atomic E-state index is 0.0769. The summed E-state index contributed by atoms with van der Waals surface area (Å²) in [7, 11) is 0. The van der Waals surface area contributed by atoms with Crippen molar-refractivity contribution < 1.29 is 4.79 Å². The van der Waals surface area contributed by atoms with Gasteiger partial charge in [-0.1, -0.05) is 31.0 Å². The summed E-state index contributed by atoms with van der Waals surface area (Å²) in [6, 6.07) is 8.54. The summed E-state index contributed by atoms with van der Waals surface area (Å²) < 4.78 is 0. The van der Waals surface area contributed by atoms with Gasteiger partial charge < -0.3 is 9.69 Å². The van der Waals surface area contributed by atoms with Crippen LogP contribution in [0.5, 0.6) is 0 Å². The number of hydrogen-bond acceptors (Lipinski definition) is 2. The molecule has 0 aromatic heterocycles. The zero-order chi connectivity index (χ0) is 11.7. The van der Waals surface area contributed by atoms with Crippen LogP contribution in [0, 0.1) is 5.92 Å². The minimum absolute atomic E-state index is 0.0769. The van der Waals surface area contributed by atoms with Gasteiger partial charge >= 0.3 is 0 Å². The van der Waals surface area contributed by atoms with Gasteiger partial charge in [0.05, 0.1) is 6.04 Å². The first-order valence-electron chi connectivity index (χ1n) is 6.68. The van der Waals surface area contributed by atoms with Gasteiger partial charge in [0.2, 0.25) is 0 Å². The van der Waals surface area contributed by atoms with Crippen LogP contribution in [0.4, 0.5) is 5.69 Å². The van der Waals surface area contributed by atoms with Gasteiger partial charge in [-0.2, -0.15) is 0 Å². The highest BCUT2D eigenvalue weighted by atomic mass is 16.1. The van der Waals surface area contributed by atoms with E-state index in [0.29, 0.717) is 0 Å². The summed E-state index contributed by atoms with van der Waals surface area (Å²) in [5, 5.41) is 0. The summed E-state index contributed by atoms with van der Waals surface area (Å²) in [4.78, 5) is 13.5. The number of benzene rings is 1. The largest absolute Gasteiger partial charge is 0.361 e. The fourth-order valence-corrected chi connectivity index (χ4v) is 3.30. The molecular weight excluding hydrogens is 210 g/mol. The van der Waals surface area contributed by atoms with Crippen molar-refractivity contribution in [2.75, 3.05) is 11.4 Å². The number of nitrogens with zero attached hydrogens (tertiary/aromatic N) is 1. The lowest BCUT2D eigenvalue weighted by Gasteiger charge is -2.27. The second kappa shape index (κ2) is 4.52. The van der Waals surface area contributed by atoms with Gasteiger partial charge in [-0.3, -0.25) is 0 Å². The quantitative estimate of drug-likeness (QED) is 0.743. The molecule has 0 amide bonds. The van der Waals surface area contributed by atoms with Crippen LogP contribution in [-0.4, -0.2) is 18.9 Å². The third kappa shape index (κ3) is 1.97. The molecule has 1 aromatic carbocycles. The number of para-hydroxylation sites is 1. The molecule has 1 aliphatic carbocycles. The SMILES string of the molecule is O=CC1Cc2ccccc2N1CC1CCCC1. The van der Waals surface area contributed by atoms with Crippen molar-refractivity contribution in [1.29, 1.82) is 0 Å². The van der Waals surface area contributed by atoms with E-state index in [4.69, 9.17) is 0 Å². The normalized spacial score (nSPS) is 24.0. The van der Waals surface area contributed by atoms with E-state index >= 15 is 0 Å². The second-order valence-electron chi connectivity index (χ2n) is 5.34. The standard InChI is InChI=1S/C15H19NO/c17-11-14-9-13-7-3-4-8-15(13)16(14)10-12-5-1-2-6-12/h3-4,7-8,11-12,14H,1-2,5-6,9-10H2. The highest BCUT2D eigenvalue weighted by molar-refractivity contribution is 5.73. The van der Waals surface area contributed by atoms with Crippen LogP contribution in [0.2, 0.25) is 0 Å². The molecule has 2 heteroatoms. The summed E-state index contributed by atoms with van der Waals surface area (Å²) in [6.45, 7) is 1.07. The molecule has 1 saturated carbocycles. The lowest BCUT2D eigenvalue weighted by atomic mass is 10.1. The first-order valence-corrected chi connectivity index (χ1v) is 6.68. The van der Waals surface area contributed by atoms with Crippen molar-refractivity contribution in [2.45, 2.75) is 38.1 Å². The number of aldehydes is 1. The van der Waals surface area contributed by atoms with Crippen LogP contribution in [0.3, 0.4) is 0 Å². The van der Waals surface area contributed by atoms with E-state index in [2.05, 4.69) is 29.2 Å². The van der Waals surface area contributed by atoms with Crippen molar-refractivity contribution in [3.05, 3.63) is 29.8 Å². The van der Waals surface area contributed by atoms with Crippen LogP contribution < -0.4 is 4.90 Å². The molecular formula is C15H19NO. The average Bonchev–Trinajstić information content (AvgIpc) is 2.98. The summed E-state index contributed by atoms with van der Waals surface area (Å²) in [6.07, 6.45) is 7.42. The molecule has 2 nitrogen and oxygen atoms in total. The first kappa shape index (κ1) is 10.8. The van der Waals surface area contributed by atoms with E-state index in [1.54, 1.807) is 0 Å². The Morgan fingerprint density at radius 2 is 2.00 bits per heavy atom. The number of fused-ring (bicyclic) bond motifs is 1. The number of anilines is 1. The second-order valence-corrected chi connectivity index (χ2v) is 5.34. The Morgan fingerprint density at radius 3 is 2.76 bits per heavy atom. The predicted molar refractivity (Wildman–Crippen MR) is 69.3 cm³/mol. The minimum Gasteiger partial charge on any atom is -0.361 e. The summed E-state index contributed by atoms with van der Waals surface area (Å²) >= 11 is 0. The highest BCUT2D eigenvalue weighted by Gasteiger charge is 2.30. The number of rotatable bonds is 3. The molecule has 1 fully saturated rings. The number of carbonyl (C=O) groups is 1. The molecule has 1 aromatic rings. The third-order valence-corrected chi connectivity index (χ3v) is 4.22. The Kier molecular flexibility index (Phi) is 2.87. The smallest absolute Gasteiger partial charge is 0.142 e. The fraction of sp³-hybridized carbons (Fsp3) is 0.533. The highest BCUT2D eigenvalue weighted by Crippen LogP contribution is 2.34. The third-order valence-electron chi connectivity index (χ3n) is 4.22. The van der Waals surface area contributed by atoms with E-state index in [-0.39, 0.29) is 6.04 Å². The van der Waals surface area contributed by atoms with Crippen molar-refractivity contribution in [2.24, 2.45) is 5.92 Å². The molecule has 0 bridgehead atoms. The summed E-state index contributed by atoms with van der Waals surface area (Å²) in [5.41, 5.74) is 2.62. The van der Waals surface area contributed by atoms with Crippen LogP contribution in [0.15, 0.2) is 24.3 Å². The van der Waals surface area contributed by atoms with Gasteiger partial charge in [0.15, 0.2) is 0 Å². The Balaban J connectivity index is 1.82. The van der Waals surface area contributed by atoms with Gasteiger partial charge in [-0.05, 0) is 30.4 Å². The lowest BCUT2D eigenvalue weighted by molar-refractivity contribution is -0.108. The van der Waals surface area contributed by atoms with Gasteiger partial charge in [0, 0.05) is 18.7 Å². The molecule has 2 aliphatic rings. The van der Waals surface area contributed by atoms with Crippen molar-refractivity contribution >= 4 is 12.0 Å². The molecule has 0 radical (unpaired) electrons. The maximum absolute atomic E-state index is 11.2. The summed E-state index contributed by atoms with van der Waals surface area (Å²) in [5.74, 6) is 0.795. The molecule has 3 rings (SSSR count). The predicted octanol–water partition coefficient (Wildman–Crippen LogP) is 2.81. The molecule has 90 valence electrons. The van der Waals surface area contributed by atoms with Crippen LogP contribution >= 0.6 is 0 Å². The van der Waals surface area contributed by atoms with Crippen molar-refractivity contribution in [1.82, 2.24) is 0 Å². The molecule has 1 atom stereocenters. The average molecular weight is 229 g/mol. The number of carbonyl (C=O) groups excluding carboxylic acids is 1. The Labute approximate surface area is 103 Å². The van der Waals surface area contributed by atoms with Gasteiger partial charge in [0.1, 0.15) is 6.29 Å². The molecule has 1 heterocycles. The monoisotopic (exact) mass is 229 g/mol. The maximum Gasteiger partial charge on any atom is 0.142 e. The Bertz CT molecular complexity index is 409. The molecule has 1 aliphatic heterocycles. The van der Waals surface area contributed by atoms with Gasteiger partial charge in [0.25, 0.3) is 0 Å². The van der Waals surface area contributed by atoms with Crippen LogP contribution in [-0.2, 0) is 11.2 Å². The van der Waals surface area contributed by atoms with Crippen LogP contribution in [0.25, 0.3) is 0 Å². The molecule has 0 saturated heterocycles. The van der Waals surface area contributed by atoms with Gasteiger partial charge in [-0.15, -0.1) is 0 Å². The molecule has 17 heavy (non-hydrogen) atoms. The van der Waals surface area contributed by atoms with Crippen molar-refractivity contribution in [3.63, 3.8) is 0 Å². The topological polar surface area (TPSA) is 20.3 Å². The van der Waals surface area contributed by atoms with E-state index < -0.39 is 0 Å². The fourth-order valence-electron chi connectivity index (χ4n) is 3.30. The first-order chi connectivity index (χ1) is 8.38. The zero-order valence-electron chi connectivity index (χ0n) is 10.1. The van der Waals surface area contributed by atoms with E-state index in [9.17, 15) is 4.79 Å². The van der Waals surface area contributed by atoms with E-state index in [1.807, 2.05) is 0 Å². The Hall–Kier alpha value is -1.31. The van der Waals surface area contributed by atoms with E-state index in [0.717, 1.165) is 25.2 Å². The maximum atomic E-state index is 11.2. The van der Waals surface area contributed by atoms with Crippen molar-refractivity contribution in [3.8, 4) is 0 Å². The van der Waals surface area contributed by atoms with Crippen LogP contribution in [0.1, 0.15) is 31.2 Å². The zero-order valence-corrected chi connectivity index (χ0v) is 10.1. The molecule has 1 unspecified atom stereocenters. The molecule has 0 N–H and O–H groups in total. The Morgan fingerprint density at radius 1 is 1.24 bits per heavy atom. The van der Waals surface area contributed by atoms with E-state index in [1.165, 1.54) is 36.9 Å². The van der Waals surface area contributed by atoms with Gasteiger partial charge in [-0.25, -0.2) is 0 Å².